The van der Waals surface area contributed by atoms with Crippen LogP contribution in [-0.2, 0) is 6.42 Å². The van der Waals surface area contributed by atoms with E-state index in [4.69, 9.17) is 0 Å². The summed E-state index contributed by atoms with van der Waals surface area (Å²) in [7, 11) is 4.10. The first-order valence-electron chi connectivity index (χ1n) is 8.85. The zero-order valence-electron chi connectivity index (χ0n) is 14.4. The lowest BCUT2D eigenvalue weighted by Crippen LogP contribution is -2.50. The SMILES string of the molecule is CN(CC1CCCCN1C)C(=O)NC1(Cc2ccccc2)CC1. The fraction of sp³-hybridized carbons (Fsp3) is 0.632. The molecule has 1 aliphatic carbocycles. The van der Waals surface area contributed by atoms with Crippen LogP contribution >= 0.6 is 0 Å². The zero-order chi connectivity index (χ0) is 16.3. The highest BCUT2D eigenvalue weighted by atomic mass is 16.2. The Morgan fingerprint density at radius 2 is 2.04 bits per heavy atom. The van der Waals surface area contributed by atoms with Gasteiger partial charge in [-0.1, -0.05) is 36.8 Å². The molecule has 2 amide bonds. The minimum absolute atomic E-state index is 0.00877. The van der Waals surface area contributed by atoms with Crippen molar-refractivity contribution in [1.82, 2.24) is 15.1 Å². The first kappa shape index (κ1) is 16.3. The van der Waals surface area contributed by atoms with Gasteiger partial charge in [-0.05, 0) is 51.3 Å². The topological polar surface area (TPSA) is 35.6 Å². The molecule has 1 saturated carbocycles. The number of hydrogen-bond acceptors (Lipinski definition) is 2. The van der Waals surface area contributed by atoms with Gasteiger partial charge in [-0.3, -0.25) is 0 Å². The molecule has 1 atom stereocenters. The summed E-state index contributed by atoms with van der Waals surface area (Å²) >= 11 is 0. The van der Waals surface area contributed by atoms with E-state index in [9.17, 15) is 4.79 Å². The van der Waals surface area contributed by atoms with Crippen LogP contribution in [0.5, 0.6) is 0 Å². The summed E-state index contributed by atoms with van der Waals surface area (Å²) in [6, 6.07) is 11.0. The van der Waals surface area contributed by atoms with Crippen molar-refractivity contribution in [3.63, 3.8) is 0 Å². The summed E-state index contributed by atoms with van der Waals surface area (Å²) in [6.07, 6.45) is 6.88. The van der Waals surface area contributed by atoms with E-state index >= 15 is 0 Å². The second-order valence-electron chi connectivity index (χ2n) is 7.38. The Bertz CT molecular complexity index is 527. The molecule has 0 spiro atoms. The van der Waals surface area contributed by atoms with Crippen molar-refractivity contribution < 1.29 is 4.79 Å². The Hall–Kier alpha value is -1.55. The molecule has 1 aromatic rings. The minimum Gasteiger partial charge on any atom is -0.332 e. The summed E-state index contributed by atoms with van der Waals surface area (Å²) < 4.78 is 0. The lowest BCUT2D eigenvalue weighted by molar-refractivity contribution is 0.142. The van der Waals surface area contributed by atoms with Gasteiger partial charge in [0.1, 0.15) is 0 Å². The van der Waals surface area contributed by atoms with E-state index in [1.807, 2.05) is 18.0 Å². The van der Waals surface area contributed by atoms with Gasteiger partial charge in [-0.2, -0.15) is 0 Å². The van der Waals surface area contributed by atoms with Gasteiger partial charge in [0.05, 0.1) is 0 Å². The van der Waals surface area contributed by atoms with Crippen LogP contribution in [0, 0.1) is 0 Å². The highest BCUT2D eigenvalue weighted by molar-refractivity contribution is 5.75. The van der Waals surface area contributed by atoms with Crippen molar-refractivity contribution in [2.24, 2.45) is 0 Å². The predicted octanol–water partition coefficient (Wildman–Crippen LogP) is 2.89. The molecular formula is C19H29N3O. The number of amides is 2. The third kappa shape index (κ3) is 4.25. The van der Waals surface area contributed by atoms with E-state index in [0.717, 1.165) is 32.4 Å². The number of carbonyl (C=O) groups excluding carboxylic acids is 1. The van der Waals surface area contributed by atoms with Crippen LogP contribution < -0.4 is 5.32 Å². The summed E-state index contributed by atoms with van der Waals surface area (Å²) in [4.78, 5) is 16.8. The van der Waals surface area contributed by atoms with E-state index in [1.54, 1.807) is 0 Å². The summed E-state index contributed by atoms with van der Waals surface area (Å²) in [5.41, 5.74) is 1.30. The monoisotopic (exact) mass is 315 g/mol. The molecule has 4 heteroatoms. The van der Waals surface area contributed by atoms with Crippen LogP contribution in [0.4, 0.5) is 4.79 Å². The molecule has 1 aliphatic heterocycles. The van der Waals surface area contributed by atoms with Gasteiger partial charge in [0.2, 0.25) is 0 Å². The van der Waals surface area contributed by atoms with E-state index in [0.29, 0.717) is 6.04 Å². The first-order chi connectivity index (χ1) is 11.1. The third-order valence-electron chi connectivity index (χ3n) is 5.36. The fourth-order valence-corrected chi connectivity index (χ4v) is 3.58. The molecule has 2 aliphatic rings. The summed E-state index contributed by atoms with van der Waals surface area (Å²) in [5.74, 6) is 0. The number of carbonyl (C=O) groups is 1. The number of likely N-dealkylation sites (tertiary alicyclic amines) is 1. The molecule has 23 heavy (non-hydrogen) atoms. The zero-order valence-corrected chi connectivity index (χ0v) is 14.4. The van der Waals surface area contributed by atoms with E-state index in [2.05, 4.69) is 41.5 Å². The molecule has 1 aromatic carbocycles. The second kappa shape index (κ2) is 6.91. The van der Waals surface area contributed by atoms with E-state index in [1.165, 1.54) is 24.8 Å². The van der Waals surface area contributed by atoms with Crippen molar-refractivity contribution in [2.75, 3.05) is 27.2 Å². The Labute approximate surface area is 139 Å². The number of piperidine rings is 1. The van der Waals surface area contributed by atoms with Gasteiger partial charge < -0.3 is 15.1 Å². The van der Waals surface area contributed by atoms with Gasteiger partial charge in [-0.15, -0.1) is 0 Å². The number of rotatable bonds is 5. The third-order valence-corrected chi connectivity index (χ3v) is 5.36. The van der Waals surface area contributed by atoms with Crippen molar-refractivity contribution in [1.29, 1.82) is 0 Å². The molecule has 0 radical (unpaired) electrons. The van der Waals surface area contributed by atoms with E-state index in [-0.39, 0.29) is 11.6 Å². The van der Waals surface area contributed by atoms with Gasteiger partial charge >= 0.3 is 6.03 Å². The van der Waals surface area contributed by atoms with Gasteiger partial charge in [0.15, 0.2) is 0 Å². The largest absolute Gasteiger partial charge is 0.332 e. The summed E-state index contributed by atoms with van der Waals surface area (Å²) in [6.45, 7) is 1.97. The lowest BCUT2D eigenvalue weighted by atomic mass is 10.0. The van der Waals surface area contributed by atoms with Crippen LogP contribution in [0.1, 0.15) is 37.7 Å². The average molecular weight is 315 g/mol. The Morgan fingerprint density at radius 1 is 1.30 bits per heavy atom. The van der Waals surface area contributed by atoms with Gasteiger partial charge in [0.25, 0.3) is 0 Å². The quantitative estimate of drug-likeness (QED) is 0.907. The summed E-state index contributed by atoms with van der Waals surface area (Å²) in [5, 5.41) is 3.29. The minimum atomic E-state index is -0.00877. The molecule has 3 rings (SSSR count). The smallest absolute Gasteiger partial charge is 0.317 e. The Balaban J connectivity index is 1.52. The van der Waals surface area contributed by atoms with Crippen LogP contribution in [-0.4, -0.2) is 54.6 Å². The maximum absolute atomic E-state index is 12.6. The van der Waals surface area contributed by atoms with E-state index < -0.39 is 0 Å². The van der Waals surface area contributed by atoms with Crippen LogP contribution in [0.15, 0.2) is 30.3 Å². The number of benzene rings is 1. The highest BCUT2D eigenvalue weighted by Gasteiger charge is 2.44. The normalized spacial score (nSPS) is 23.3. The molecule has 0 bridgehead atoms. The maximum Gasteiger partial charge on any atom is 0.317 e. The van der Waals surface area contributed by atoms with Gasteiger partial charge in [0, 0.05) is 25.2 Å². The maximum atomic E-state index is 12.6. The first-order valence-corrected chi connectivity index (χ1v) is 8.85. The molecule has 2 fully saturated rings. The van der Waals surface area contributed by atoms with Crippen molar-refractivity contribution in [3.05, 3.63) is 35.9 Å². The fourth-order valence-electron chi connectivity index (χ4n) is 3.58. The van der Waals surface area contributed by atoms with Crippen LogP contribution in [0.3, 0.4) is 0 Å². The number of urea groups is 1. The highest BCUT2D eigenvalue weighted by Crippen LogP contribution is 2.38. The molecule has 126 valence electrons. The molecule has 0 aromatic heterocycles. The standard InChI is InChI=1S/C19H29N3O/c1-21-13-7-6-10-17(21)15-22(2)18(23)20-19(11-12-19)14-16-8-4-3-5-9-16/h3-5,8-9,17H,6-7,10-15H2,1-2H3,(H,20,23). The lowest BCUT2D eigenvalue weighted by Gasteiger charge is -2.35. The van der Waals surface area contributed by atoms with Crippen molar-refractivity contribution >= 4 is 6.03 Å². The Morgan fingerprint density at radius 3 is 2.70 bits per heavy atom. The molecule has 1 heterocycles. The van der Waals surface area contributed by atoms with Crippen LogP contribution in [0.2, 0.25) is 0 Å². The van der Waals surface area contributed by atoms with Crippen LogP contribution in [0.25, 0.3) is 0 Å². The van der Waals surface area contributed by atoms with Crippen molar-refractivity contribution in [3.8, 4) is 0 Å². The average Bonchev–Trinajstić information content (AvgIpc) is 3.29. The molecule has 1 unspecified atom stereocenters. The number of likely N-dealkylation sites (N-methyl/N-ethyl adjacent to an activating group) is 2. The number of nitrogens with zero attached hydrogens (tertiary/aromatic N) is 2. The molecule has 1 saturated heterocycles. The molecule has 1 N–H and O–H groups in total. The molecule has 4 nitrogen and oxygen atoms in total. The van der Waals surface area contributed by atoms with Crippen molar-refractivity contribution in [2.45, 2.75) is 50.1 Å². The Kier molecular flexibility index (Phi) is 4.90. The van der Waals surface area contributed by atoms with Gasteiger partial charge in [-0.25, -0.2) is 4.79 Å². The second-order valence-corrected chi connectivity index (χ2v) is 7.38. The molecular weight excluding hydrogens is 286 g/mol. The number of hydrogen-bond donors (Lipinski definition) is 1. The number of nitrogens with one attached hydrogen (secondary N) is 1. The predicted molar refractivity (Wildman–Crippen MR) is 93.5 cm³/mol.